The zero-order valence-corrected chi connectivity index (χ0v) is 12.0. The molecule has 1 aromatic rings. The van der Waals surface area contributed by atoms with E-state index in [1.54, 1.807) is 4.90 Å². The Morgan fingerprint density at radius 3 is 3.15 bits per heavy atom. The Bertz CT molecular complexity index is 546. The van der Waals surface area contributed by atoms with Crippen molar-refractivity contribution >= 4 is 6.09 Å². The van der Waals surface area contributed by atoms with Gasteiger partial charge < -0.3 is 15.8 Å². The van der Waals surface area contributed by atoms with Crippen molar-refractivity contribution in [1.82, 2.24) is 10.2 Å². The molecule has 3 N–H and O–H groups in total. The topological polar surface area (TPSA) is 67.6 Å². The van der Waals surface area contributed by atoms with Crippen molar-refractivity contribution in [3.63, 3.8) is 0 Å². The summed E-state index contributed by atoms with van der Waals surface area (Å²) in [7, 11) is 0. The van der Waals surface area contributed by atoms with E-state index in [0.29, 0.717) is 19.7 Å². The van der Waals surface area contributed by atoms with Crippen LogP contribution in [-0.4, -0.2) is 36.4 Å². The van der Waals surface area contributed by atoms with Gasteiger partial charge in [-0.25, -0.2) is 4.79 Å². The van der Waals surface area contributed by atoms with Gasteiger partial charge in [0.15, 0.2) is 0 Å². The number of carbonyl (C=O) groups excluding carboxylic acids is 1. The summed E-state index contributed by atoms with van der Waals surface area (Å²) in [5, 5.41) is 3.32. The number of hydrogen-bond acceptors (Lipinski definition) is 4. The van der Waals surface area contributed by atoms with Crippen molar-refractivity contribution in [2.45, 2.75) is 32.0 Å². The van der Waals surface area contributed by atoms with E-state index in [1.807, 2.05) is 6.92 Å². The molecule has 108 valence electrons. The zero-order chi connectivity index (χ0) is 14.3. The molecule has 2 aliphatic rings. The summed E-state index contributed by atoms with van der Waals surface area (Å²) in [6.07, 6.45) is -0.322. The number of aryl methyl sites for hydroxylation is 1. The summed E-state index contributed by atoms with van der Waals surface area (Å²) in [4.78, 5) is 14.0. The van der Waals surface area contributed by atoms with E-state index in [0.717, 1.165) is 6.54 Å². The van der Waals surface area contributed by atoms with Crippen LogP contribution in [0.25, 0.3) is 0 Å². The first-order valence-corrected chi connectivity index (χ1v) is 7.10. The third-order valence-electron chi connectivity index (χ3n) is 4.49. The molecule has 2 atom stereocenters. The third-order valence-corrected chi connectivity index (χ3v) is 4.49. The molecule has 1 aromatic carbocycles. The molecule has 3 rings (SSSR count). The van der Waals surface area contributed by atoms with Gasteiger partial charge in [0.25, 0.3) is 0 Å². The molecule has 2 unspecified atom stereocenters. The van der Waals surface area contributed by atoms with E-state index in [4.69, 9.17) is 10.5 Å². The van der Waals surface area contributed by atoms with E-state index in [1.165, 1.54) is 16.7 Å². The molecule has 1 amide bonds. The average Bonchev–Trinajstić information content (AvgIpc) is 2.81. The average molecular weight is 275 g/mol. The van der Waals surface area contributed by atoms with Crippen molar-refractivity contribution < 1.29 is 9.53 Å². The molecule has 0 saturated carbocycles. The molecule has 2 aliphatic heterocycles. The van der Waals surface area contributed by atoms with Gasteiger partial charge in [0.1, 0.15) is 5.66 Å². The van der Waals surface area contributed by atoms with Crippen LogP contribution in [0.1, 0.15) is 29.5 Å². The van der Waals surface area contributed by atoms with Gasteiger partial charge in [-0.15, -0.1) is 0 Å². The summed E-state index contributed by atoms with van der Waals surface area (Å²) in [6, 6.07) is 6.27. The number of rotatable bonds is 1. The van der Waals surface area contributed by atoms with Crippen molar-refractivity contribution in [1.29, 1.82) is 0 Å². The van der Waals surface area contributed by atoms with Crippen LogP contribution in [0.4, 0.5) is 4.79 Å². The third kappa shape index (κ3) is 1.81. The summed E-state index contributed by atoms with van der Waals surface area (Å²) < 4.78 is 5.19. The number of nitrogens with one attached hydrogen (secondary N) is 1. The molecule has 0 spiro atoms. The molecule has 1 saturated heterocycles. The number of nitrogens with zero attached hydrogens (tertiary/aromatic N) is 1. The van der Waals surface area contributed by atoms with Gasteiger partial charge in [-0.2, -0.15) is 0 Å². The predicted molar refractivity (Wildman–Crippen MR) is 76.3 cm³/mol. The molecule has 1 fully saturated rings. The Labute approximate surface area is 119 Å². The van der Waals surface area contributed by atoms with Gasteiger partial charge in [0.2, 0.25) is 0 Å². The van der Waals surface area contributed by atoms with Crippen molar-refractivity contribution in [3.05, 3.63) is 34.9 Å². The highest BCUT2D eigenvalue weighted by molar-refractivity contribution is 5.70. The molecule has 5 heteroatoms. The molecular formula is C15H21N3O2. The second-order valence-corrected chi connectivity index (χ2v) is 5.60. The van der Waals surface area contributed by atoms with E-state index in [2.05, 4.69) is 30.4 Å². The number of ether oxygens (including phenoxy) is 1. The second-order valence-electron chi connectivity index (χ2n) is 5.60. The van der Waals surface area contributed by atoms with Gasteiger partial charge >= 0.3 is 6.09 Å². The predicted octanol–water partition coefficient (Wildman–Crippen LogP) is 1.31. The van der Waals surface area contributed by atoms with E-state index in [-0.39, 0.29) is 12.0 Å². The van der Waals surface area contributed by atoms with Crippen molar-refractivity contribution in [2.75, 3.05) is 19.7 Å². The SMILES string of the molecule is CCOC(=O)N1Cc2c(C)cccc2C2CNCC21N. The minimum absolute atomic E-state index is 0.121. The van der Waals surface area contributed by atoms with Gasteiger partial charge in [-0.05, 0) is 30.5 Å². The molecular weight excluding hydrogens is 254 g/mol. The maximum Gasteiger partial charge on any atom is 0.411 e. The van der Waals surface area contributed by atoms with Crippen LogP contribution in [0.2, 0.25) is 0 Å². The van der Waals surface area contributed by atoms with E-state index >= 15 is 0 Å². The standard InChI is InChI=1S/C15H21N3O2/c1-3-20-14(19)18-8-12-10(2)5-4-6-11(12)13-7-17-9-15(13,18)16/h4-6,13,17H,3,7-9,16H2,1-2H3. The zero-order valence-electron chi connectivity index (χ0n) is 12.0. The van der Waals surface area contributed by atoms with E-state index in [9.17, 15) is 4.79 Å². The van der Waals surface area contributed by atoms with Crippen LogP contribution < -0.4 is 11.1 Å². The Morgan fingerprint density at radius 1 is 1.60 bits per heavy atom. The highest BCUT2D eigenvalue weighted by Gasteiger charge is 2.51. The fourth-order valence-electron chi connectivity index (χ4n) is 3.39. The number of fused-ring (bicyclic) bond motifs is 3. The van der Waals surface area contributed by atoms with Crippen LogP contribution >= 0.6 is 0 Å². The smallest absolute Gasteiger partial charge is 0.411 e. The number of carbonyl (C=O) groups is 1. The fourth-order valence-corrected chi connectivity index (χ4v) is 3.39. The molecule has 0 aliphatic carbocycles. The minimum atomic E-state index is -0.687. The fraction of sp³-hybridized carbons (Fsp3) is 0.533. The Kier molecular flexibility index (Phi) is 3.18. The highest BCUT2D eigenvalue weighted by Crippen LogP contribution is 2.41. The van der Waals surface area contributed by atoms with Crippen LogP contribution in [0, 0.1) is 6.92 Å². The first kappa shape index (κ1) is 13.4. The molecule has 0 bridgehead atoms. The minimum Gasteiger partial charge on any atom is -0.450 e. The quantitative estimate of drug-likeness (QED) is 0.811. The Hall–Kier alpha value is -1.59. The maximum absolute atomic E-state index is 12.3. The molecule has 2 heterocycles. The van der Waals surface area contributed by atoms with E-state index < -0.39 is 5.66 Å². The lowest BCUT2D eigenvalue weighted by Crippen LogP contribution is -2.64. The van der Waals surface area contributed by atoms with Crippen molar-refractivity contribution in [2.24, 2.45) is 5.73 Å². The number of nitrogens with two attached hydrogens (primary N) is 1. The molecule has 5 nitrogen and oxygen atoms in total. The van der Waals surface area contributed by atoms with Crippen LogP contribution in [-0.2, 0) is 11.3 Å². The lowest BCUT2D eigenvalue weighted by molar-refractivity contribution is 0.0423. The van der Waals surface area contributed by atoms with Crippen LogP contribution in [0.15, 0.2) is 18.2 Å². The van der Waals surface area contributed by atoms with Gasteiger partial charge in [-0.1, -0.05) is 18.2 Å². The molecule has 20 heavy (non-hydrogen) atoms. The number of hydrogen-bond donors (Lipinski definition) is 2. The summed E-state index contributed by atoms with van der Waals surface area (Å²) in [6.45, 7) is 6.18. The van der Waals surface area contributed by atoms with Gasteiger partial charge in [0.05, 0.1) is 13.2 Å². The maximum atomic E-state index is 12.3. The first-order chi connectivity index (χ1) is 9.58. The second kappa shape index (κ2) is 4.75. The van der Waals surface area contributed by atoms with Crippen molar-refractivity contribution in [3.8, 4) is 0 Å². The normalized spacial score (nSPS) is 27.9. The summed E-state index contributed by atoms with van der Waals surface area (Å²) in [5.41, 5.74) is 9.55. The number of amides is 1. The summed E-state index contributed by atoms with van der Waals surface area (Å²) >= 11 is 0. The highest BCUT2D eigenvalue weighted by atomic mass is 16.6. The van der Waals surface area contributed by atoms with Gasteiger partial charge in [-0.3, -0.25) is 4.90 Å². The first-order valence-electron chi connectivity index (χ1n) is 7.10. The van der Waals surface area contributed by atoms with Crippen LogP contribution in [0.3, 0.4) is 0 Å². The lowest BCUT2D eigenvalue weighted by Gasteiger charge is -2.46. The van der Waals surface area contributed by atoms with Crippen LogP contribution in [0.5, 0.6) is 0 Å². The Morgan fingerprint density at radius 2 is 2.40 bits per heavy atom. The molecule has 0 aromatic heterocycles. The largest absolute Gasteiger partial charge is 0.450 e. The Balaban J connectivity index is 2.06. The lowest BCUT2D eigenvalue weighted by atomic mass is 9.80. The molecule has 0 radical (unpaired) electrons. The number of benzene rings is 1. The summed E-state index contributed by atoms with van der Waals surface area (Å²) in [5.74, 6) is 0.121. The van der Waals surface area contributed by atoms with Gasteiger partial charge in [0, 0.05) is 19.0 Å². The monoisotopic (exact) mass is 275 g/mol.